The van der Waals surface area contributed by atoms with Crippen LogP contribution < -0.4 is 15.4 Å². The molecule has 27 heavy (non-hydrogen) atoms. The van der Waals surface area contributed by atoms with E-state index in [2.05, 4.69) is 22.2 Å². The normalized spacial score (nSPS) is 20.8. The number of nitrogens with zero attached hydrogens (tertiary/aromatic N) is 1. The summed E-state index contributed by atoms with van der Waals surface area (Å²) in [5.74, 6) is 0.525. The first-order valence-electron chi connectivity index (χ1n) is 8.90. The summed E-state index contributed by atoms with van der Waals surface area (Å²) in [4.78, 5) is 17.7. The molecule has 5 heteroatoms. The maximum Gasteiger partial charge on any atom is 0.252 e. The molecule has 0 saturated heterocycles. The number of allylic oxidation sites excluding steroid dienone is 1. The molecule has 0 spiro atoms. The Morgan fingerprint density at radius 3 is 2.89 bits per heavy atom. The Balaban J connectivity index is 1.81. The molecule has 5 nitrogen and oxygen atoms in total. The molecule has 0 fully saturated rings. The van der Waals surface area contributed by atoms with Gasteiger partial charge >= 0.3 is 0 Å². The number of benzene rings is 1. The molecule has 1 atom stereocenters. The van der Waals surface area contributed by atoms with Crippen molar-refractivity contribution < 1.29 is 9.53 Å². The van der Waals surface area contributed by atoms with Gasteiger partial charge in [0.15, 0.2) is 0 Å². The van der Waals surface area contributed by atoms with E-state index in [1.54, 1.807) is 24.5 Å². The Kier molecular flexibility index (Phi) is 4.28. The average molecular weight is 359 g/mol. The number of nitrogens with one attached hydrogen (secondary N) is 2. The molecule has 3 heterocycles. The van der Waals surface area contributed by atoms with Gasteiger partial charge in [0.25, 0.3) is 5.91 Å². The number of ether oxygens (including phenoxy) is 1. The van der Waals surface area contributed by atoms with Crippen LogP contribution in [0.3, 0.4) is 0 Å². The van der Waals surface area contributed by atoms with Gasteiger partial charge in [-0.2, -0.15) is 0 Å². The maximum absolute atomic E-state index is 13.1. The molecule has 0 aliphatic carbocycles. The Hall–Kier alpha value is -3.34. The van der Waals surface area contributed by atoms with Gasteiger partial charge < -0.3 is 15.4 Å². The topological polar surface area (TPSA) is 63.2 Å². The fourth-order valence-electron chi connectivity index (χ4n) is 3.50. The quantitative estimate of drug-likeness (QED) is 0.884. The van der Waals surface area contributed by atoms with Crippen molar-refractivity contribution in [2.24, 2.45) is 0 Å². The lowest BCUT2D eigenvalue weighted by molar-refractivity contribution is -0.119. The van der Waals surface area contributed by atoms with E-state index in [4.69, 9.17) is 4.74 Å². The molecule has 0 saturated carbocycles. The summed E-state index contributed by atoms with van der Waals surface area (Å²) in [6.45, 7) is 6.40. The molecular weight excluding hydrogens is 338 g/mol. The van der Waals surface area contributed by atoms with Crippen molar-refractivity contribution in [3.05, 3.63) is 95.6 Å². The molecule has 1 amide bonds. The minimum atomic E-state index is -0.749. The summed E-state index contributed by atoms with van der Waals surface area (Å²) in [7, 11) is 0. The minimum Gasteiger partial charge on any atom is -0.491 e. The molecular formula is C22H21N3O2. The van der Waals surface area contributed by atoms with Crippen LogP contribution in [0.15, 0.2) is 78.8 Å². The van der Waals surface area contributed by atoms with Crippen LogP contribution >= 0.6 is 0 Å². The highest BCUT2D eigenvalue weighted by atomic mass is 16.5. The summed E-state index contributed by atoms with van der Waals surface area (Å²) in [5.41, 5.74) is 3.36. The fraction of sp³-hybridized carbons (Fsp3) is 0.182. The number of dihydropyridines is 1. The van der Waals surface area contributed by atoms with Gasteiger partial charge in [0.05, 0.1) is 6.61 Å². The van der Waals surface area contributed by atoms with Gasteiger partial charge in [-0.1, -0.05) is 36.4 Å². The van der Waals surface area contributed by atoms with E-state index in [0.717, 1.165) is 16.8 Å². The predicted molar refractivity (Wildman–Crippen MR) is 104 cm³/mol. The molecule has 2 aromatic rings. The van der Waals surface area contributed by atoms with Crippen molar-refractivity contribution in [2.75, 3.05) is 6.61 Å². The summed E-state index contributed by atoms with van der Waals surface area (Å²) < 4.78 is 5.80. The van der Waals surface area contributed by atoms with E-state index in [1.807, 2.05) is 43.3 Å². The molecule has 1 aromatic heterocycles. The predicted octanol–water partition coefficient (Wildman–Crippen LogP) is 3.09. The SMILES string of the molecule is C=C1C=C(C(=O)NC2(c3ccc(C)cc3)CCOc3cccnc32)C=CN1. The second-order valence-electron chi connectivity index (χ2n) is 6.78. The van der Waals surface area contributed by atoms with Gasteiger partial charge in [0.1, 0.15) is 17.0 Å². The molecule has 2 N–H and O–H groups in total. The summed E-state index contributed by atoms with van der Waals surface area (Å²) in [6, 6.07) is 11.9. The van der Waals surface area contributed by atoms with Gasteiger partial charge in [-0.05, 0) is 36.8 Å². The Labute approximate surface area is 158 Å². The van der Waals surface area contributed by atoms with Crippen molar-refractivity contribution in [3.8, 4) is 5.75 Å². The first-order chi connectivity index (χ1) is 13.1. The van der Waals surface area contributed by atoms with Crippen LogP contribution in [-0.2, 0) is 10.3 Å². The Morgan fingerprint density at radius 1 is 1.30 bits per heavy atom. The second kappa shape index (κ2) is 6.76. The molecule has 2 aliphatic heterocycles. The fourth-order valence-corrected chi connectivity index (χ4v) is 3.50. The van der Waals surface area contributed by atoms with Crippen molar-refractivity contribution in [1.29, 1.82) is 0 Å². The number of aryl methyl sites for hydroxylation is 1. The van der Waals surface area contributed by atoms with E-state index < -0.39 is 5.54 Å². The number of carbonyl (C=O) groups is 1. The number of hydrogen-bond acceptors (Lipinski definition) is 4. The zero-order valence-corrected chi connectivity index (χ0v) is 15.2. The highest BCUT2D eigenvalue weighted by Gasteiger charge is 2.42. The van der Waals surface area contributed by atoms with Crippen LogP contribution in [0.4, 0.5) is 0 Å². The molecule has 1 aromatic carbocycles. The van der Waals surface area contributed by atoms with Crippen molar-refractivity contribution >= 4 is 5.91 Å². The van der Waals surface area contributed by atoms with Crippen LogP contribution in [-0.4, -0.2) is 17.5 Å². The number of amides is 1. The number of rotatable bonds is 3. The van der Waals surface area contributed by atoms with Crippen LogP contribution in [0.5, 0.6) is 5.75 Å². The molecule has 1 unspecified atom stereocenters. The number of hydrogen-bond donors (Lipinski definition) is 2. The minimum absolute atomic E-state index is 0.173. The van der Waals surface area contributed by atoms with Crippen LogP contribution in [0.25, 0.3) is 0 Å². The number of fused-ring (bicyclic) bond motifs is 1. The zero-order chi connectivity index (χ0) is 18.9. The lowest BCUT2D eigenvalue weighted by atomic mass is 9.81. The molecule has 136 valence electrons. The van der Waals surface area contributed by atoms with Gasteiger partial charge in [-0.3, -0.25) is 9.78 Å². The highest BCUT2D eigenvalue weighted by molar-refractivity contribution is 5.97. The molecule has 2 aliphatic rings. The first-order valence-corrected chi connectivity index (χ1v) is 8.90. The average Bonchev–Trinajstić information content (AvgIpc) is 2.69. The van der Waals surface area contributed by atoms with E-state index in [-0.39, 0.29) is 5.91 Å². The number of aromatic nitrogens is 1. The summed E-state index contributed by atoms with van der Waals surface area (Å²) in [6.07, 6.45) is 7.52. The van der Waals surface area contributed by atoms with Crippen LogP contribution in [0.1, 0.15) is 23.2 Å². The smallest absolute Gasteiger partial charge is 0.252 e. The number of carbonyl (C=O) groups excluding carboxylic acids is 1. The van der Waals surface area contributed by atoms with Crippen LogP contribution in [0.2, 0.25) is 0 Å². The first kappa shape index (κ1) is 17.1. The molecule has 0 radical (unpaired) electrons. The van der Waals surface area contributed by atoms with Gasteiger partial charge in [0, 0.05) is 30.1 Å². The Bertz CT molecular complexity index is 960. The lowest BCUT2D eigenvalue weighted by Gasteiger charge is -2.39. The third-order valence-electron chi connectivity index (χ3n) is 4.90. The van der Waals surface area contributed by atoms with E-state index >= 15 is 0 Å². The zero-order valence-electron chi connectivity index (χ0n) is 15.2. The van der Waals surface area contributed by atoms with Crippen molar-refractivity contribution in [1.82, 2.24) is 15.6 Å². The number of pyridine rings is 1. The highest BCUT2D eigenvalue weighted by Crippen LogP contribution is 2.40. The monoisotopic (exact) mass is 359 g/mol. The van der Waals surface area contributed by atoms with E-state index in [1.165, 1.54) is 0 Å². The van der Waals surface area contributed by atoms with Gasteiger partial charge in [-0.15, -0.1) is 0 Å². The largest absolute Gasteiger partial charge is 0.491 e. The van der Waals surface area contributed by atoms with Crippen molar-refractivity contribution in [3.63, 3.8) is 0 Å². The van der Waals surface area contributed by atoms with Crippen molar-refractivity contribution in [2.45, 2.75) is 18.9 Å². The lowest BCUT2D eigenvalue weighted by Crippen LogP contribution is -2.50. The maximum atomic E-state index is 13.1. The molecule has 4 rings (SSSR count). The second-order valence-corrected chi connectivity index (χ2v) is 6.78. The summed E-state index contributed by atoms with van der Waals surface area (Å²) in [5, 5.41) is 6.21. The Morgan fingerprint density at radius 2 is 2.11 bits per heavy atom. The summed E-state index contributed by atoms with van der Waals surface area (Å²) >= 11 is 0. The van der Waals surface area contributed by atoms with Gasteiger partial charge in [-0.25, -0.2) is 0 Å². The standard InChI is InChI=1S/C22H21N3O2/c1-15-5-7-18(8-6-15)22(10-13-27-19-4-3-11-24-20(19)22)25-21(26)17-9-12-23-16(2)14-17/h3-9,11-12,14,23H,2,10,13H2,1H3,(H,25,26). The third kappa shape index (κ3) is 3.12. The van der Waals surface area contributed by atoms with Gasteiger partial charge in [0.2, 0.25) is 0 Å². The molecule has 0 bridgehead atoms. The van der Waals surface area contributed by atoms with E-state index in [9.17, 15) is 4.79 Å². The van der Waals surface area contributed by atoms with Crippen LogP contribution in [0, 0.1) is 6.92 Å². The third-order valence-corrected chi connectivity index (χ3v) is 4.90. The van der Waals surface area contributed by atoms with E-state index in [0.29, 0.717) is 30.0 Å².